The van der Waals surface area contributed by atoms with E-state index in [1.54, 1.807) is 6.07 Å². The normalized spacial score (nSPS) is 12.3. The summed E-state index contributed by atoms with van der Waals surface area (Å²) in [6.45, 7) is 4.18. The monoisotopic (exact) mass is 358 g/mol. The Kier molecular flexibility index (Phi) is 4.93. The zero-order chi connectivity index (χ0) is 15.6. The van der Waals surface area contributed by atoms with Crippen molar-refractivity contribution in [1.82, 2.24) is 0 Å². The second kappa shape index (κ2) is 6.52. The number of halogens is 4. The van der Waals surface area contributed by atoms with Crippen LogP contribution in [0.2, 0.25) is 0 Å². The summed E-state index contributed by atoms with van der Waals surface area (Å²) in [4.78, 5) is -0.631. The lowest BCUT2D eigenvalue weighted by Crippen LogP contribution is -2.04. The van der Waals surface area contributed by atoms with E-state index in [2.05, 4.69) is 15.9 Å². The summed E-state index contributed by atoms with van der Waals surface area (Å²) in [5.41, 5.74) is 1.66. The Hall–Kier alpha value is -1.49. The number of aryl methyl sites for hydroxylation is 1. The summed E-state index contributed by atoms with van der Waals surface area (Å²) < 4.78 is 45.9. The molecule has 0 aliphatic rings. The van der Waals surface area contributed by atoms with Crippen LogP contribution in [0.25, 0.3) is 0 Å². The van der Waals surface area contributed by atoms with Crippen molar-refractivity contribution in [1.29, 1.82) is 0 Å². The fourth-order valence-electron chi connectivity index (χ4n) is 2.06. The van der Waals surface area contributed by atoms with Gasteiger partial charge in [-0.05, 0) is 26.0 Å². The van der Waals surface area contributed by atoms with Crippen LogP contribution in [0.5, 0.6) is 5.75 Å². The molecule has 21 heavy (non-hydrogen) atoms. The van der Waals surface area contributed by atoms with E-state index in [1.807, 2.05) is 26.0 Å². The van der Waals surface area contributed by atoms with Crippen molar-refractivity contribution in [3.8, 4) is 5.75 Å². The van der Waals surface area contributed by atoms with Crippen LogP contribution >= 0.6 is 15.9 Å². The molecule has 1 unspecified atom stereocenters. The molecule has 0 N–H and O–H groups in total. The zero-order valence-corrected chi connectivity index (χ0v) is 13.2. The molecule has 2 aromatic rings. The Balaban J connectivity index is 2.51. The maximum absolute atomic E-state index is 13.9. The van der Waals surface area contributed by atoms with Gasteiger partial charge in [-0.15, -0.1) is 0 Å². The minimum Gasteiger partial charge on any atom is -0.494 e. The van der Waals surface area contributed by atoms with Crippen molar-refractivity contribution >= 4 is 15.9 Å². The van der Waals surface area contributed by atoms with Gasteiger partial charge in [0.15, 0.2) is 17.5 Å². The van der Waals surface area contributed by atoms with Gasteiger partial charge >= 0.3 is 0 Å². The van der Waals surface area contributed by atoms with Gasteiger partial charge in [-0.1, -0.05) is 39.7 Å². The smallest absolute Gasteiger partial charge is 0.194 e. The summed E-state index contributed by atoms with van der Waals surface area (Å²) in [6.07, 6.45) is 0. The second-order valence-electron chi connectivity index (χ2n) is 4.60. The molecule has 0 fully saturated rings. The van der Waals surface area contributed by atoms with E-state index >= 15 is 0 Å². The molecule has 1 atom stereocenters. The fraction of sp³-hybridized carbons (Fsp3) is 0.250. The second-order valence-corrected chi connectivity index (χ2v) is 5.52. The quantitative estimate of drug-likeness (QED) is 0.532. The highest BCUT2D eigenvalue weighted by Crippen LogP contribution is 2.39. The minimum absolute atomic E-state index is 0.0282. The molecule has 0 aliphatic heterocycles. The first-order valence-electron chi connectivity index (χ1n) is 6.46. The summed E-state index contributed by atoms with van der Waals surface area (Å²) in [5.74, 6) is -3.29. The third kappa shape index (κ3) is 3.23. The van der Waals surface area contributed by atoms with Crippen molar-refractivity contribution < 1.29 is 17.9 Å². The van der Waals surface area contributed by atoms with E-state index in [9.17, 15) is 13.2 Å². The van der Waals surface area contributed by atoms with Gasteiger partial charge in [0.1, 0.15) is 5.75 Å². The van der Waals surface area contributed by atoms with Gasteiger partial charge in [-0.25, -0.2) is 13.2 Å². The molecule has 0 aliphatic carbocycles. The van der Waals surface area contributed by atoms with Crippen molar-refractivity contribution in [2.75, 3.05) is 6.61 Å². The van der Waals surface area contributed by atoms with Crippen molar-refractivity contribution in [3.63, 3.8) is 0 Å². The lowest BCUT2D eigenvalue weighted by Gasteiger charge is -2.17. The van der Waals surface area contributed by atoms with Crippen molar-refractivity contribution in [2.45, 2.75) is 18.7 Å². The Morgan fingerprint density at radius 3 is 2.43 bits per heavy atom. The molecule has 0 saturated carbocycles. The average molecular weight is 359 g/mol. The van der Waals surface area contributed by atoms with Gasteiger partial charge in [0.25, 0.3) is 0 Å². The number of hydrogen-bond donors (Lipinski definition) is 0. The highest BCUT2D eigenvalue weighted by molar-refractivity contribution is 9.09. The number of benzene rings is 2. The molecule has 0 heterocycles. The molecule has 0 spiro atoms. The van der Waals surface area contributed by atoms with Gasteiger partial charge < -0.3 is 4.74 Å². The van der Waals surface area contributed by atoms with E-state index in [0.29, 0.717) is 17.9 Å². The largest absolute Gasteiger partial charge is 0.494 e. The standard InChI is InChI=1S/C16H14BrF3O/c1-3-21-13-7-4-9(2)8-11(13)14(17)10-5-6-12(18)16(20)15(10)19/h4-8,14H,3H2,1-2H3. The van der Waals surface area contributed by atoms with Crippen LogP contribution in [0.1, 0.15) is 28.4 Å². The first-order valence-corrected chi connectivity index (χ1v) is 7.38. The van der Waals surface area contributed by atoms with Crippen LogP contribution in [-0.2, 0) is 0 Å². The molecule has 0 radical (unpaired) electrons. The first kappa shape index (κ1) is 15.9. The highest BCUT2D eigenvalue weighted by atomic mass is 79.9. The van der Waals surface area contributed by atoms with Crippen LogP contribution < -0.4 is 4.74 Å². The van der Waals surface area contributed by atoms with E-state index < -0.39 is 22.3 Å². The molecule has 2 rings (SSSR count). The summed E-state index contributed by atoms with van der Waals surface area (Å²) in [7, 11) is 0. The van der Waals surface area contributed by atoms with Crippen LogP contribution in [0.3, 0.4) is 0 Å². The predicted molar refractivity (Wildman–Crippen MR) is 79.4 cm³/mol. The number of rotatable bonds is 4. The molecule has 0 saturated heterocycles. The van der Waals surface area contributed by atoms with Crippen LogP contribution in [-0.4, -0.2) is 6.61 Å². The van der Waals surface area contributed by atoms with E-state index in [0.717, 1.165) is 11.6 Å². The van der Waals surface area contributed by atoms with Crippen LogP contribution in [0.4, 0.5) is 13.2 Å². The maximum Gasteiger partial charge on any atom is 0.194 e. The molecule has 0 aromatic heterocycles. The Morgan fingerprint density at radius 2 is 1.76 bits per heavy atom. The molecule has 5 heteroatoms. The van der Waals surface area contributed by atoms with Gasteiger partial charge in [-0.2, -0.15) is 0 Å². The van der Waals surface area contributed by atoms with E-state index in [-0.39, 0.29) is 5.56 Å². The predicted octanol–water partition coefficient (Wildman–Crippen LogP) is 5.30. The summed E-state index contributed by atoms with van der Waals surface area (Å²) in [6, 6.07) is 7.62. The molecule has 0 amide bonds. The van der Waals surface area contributed by atoms with Crippen LogP contribution in [0.15, 0.2) is 30.3 Å². The van der Waals surface area contributed by atoms with Gasteiger partial charge in [0.2, 0.25) is 0 Å². The topological polar surface area (TPSA) is 9.23 Å². The minimum atomic E-state index is -1.47. The SMILES string of the molecule is CCOc1ccc(C)cc1C(Br)c1ccc(F)c(F)c1F. The lowest BCUT2D eigenvalue weighted by molar-refractivity contribution is 0.336. The first-order chi connectivity index (χ1) is 9.95. The van der Waals surface area contributed by atoms with E-state index in [4.69, 9.17) is 4.74 Å². The lowest BCUT2D eigenvalue weighted by atomic mass is 10.0. The summed E-state index contributed by atoms with van der Waals surface area (Å²) in [5, 5.41) is 0. The Morgan fingerprint density at radius 1 is 1.05 bits per heavy atom. The summed E-state index contributed by atoms with van der Waals surface area (Å²) >= 11 is 3.35. The maximum atomic E-state index is 13.9. The Labute approximate surface area is 129 Å². The molecule has 1 nitrogen and oxygen atoms in total. The van der Waals surface area contributed by atoms with Crippen molar-refractivity contribution in [2.24, 2.45) is 0 Å². The molecule has 112 valence electrons. The van der Waals surface area contributed by atoms with Gasteiger partial charge in [0.05, 0.1) is 11.4 Å². The third-order valence-corrected chi connectivity index (χ3v) is 4.06. The molecular weight excluding hydrogens is 345 g/mol. The zero-order valence-electron chi connectivity index (χ0n) is 11.6. The van der Waals surface area contributed by atoms with Crippen LogP contribution in [0, 0.1) is 24.4 Å². The molecule has 2 aromatic carbocycles. The number of hydrogen-bond acceptors (Lipinski definition) is 1. The van der Waals surface area contributed by atoms with Gasteiger partial charge in [0, 0.05) is 11.1 Å². The van der Waals surface area contributed by atoms with E-state index in [1.165, 1.54) is 6.07 Å². The van der Waals surface area contributed by atoms with Crippen molar-refractivity contribution in [3.05, 3.63) is 64.5 Å². The highest BCUT2D eigenvalue weighted by Gasteiger charge is 2.22. The molecular formula is C16H14BrF3O. The van der Waals surface area contributed by atoms with Gasteiger partial charge in [-0.3, -0.25) is 0 Å². The Bertz CT molecular complexity index is 658. The molecule has 0 bridgehead atoms. The fourth-order valence-corrected chi connectivity index (χ4v) is 2.77. The number of ether oxygens (including phenoxy) is 1. The number of alkyl halides is 1. The average Bonchev–Trinajstić information content (AvgIpc) is 2.46. The third-order valence-electron chi connectivity index (χ3n) is 3.08.